The number of aromatic nitrogens is 2. The standard InChI is InChI=1S/C15H15F3N4O/c1-3-22(4-2)15(23)11-7-12(20-8-19-11)21-10-6-5-9(16)13(17)14(10)18/h5-8H,3-4H2,1-2H3,(H,19,20,21). The first-order valence-corrected chi connectivity index (χ1v) is 6.99. The number of halogens is 3. The Balaban J connectivity index is 2.27. The Morgan fingerprint density at radius 3 is 2.48 bits per heavy atom. The van der Waals surface area contributed by atoms with Gasteiger partial charge in [0.25, 0.3) is 5.91 Å². The van der Waals surface area contributed by atoms with Gasteiger partial charge in [-0.05, 0) is 26.0 Å². The number of hydrogen-bond donors (Lipinski definition) is 1. The molecule has 8 heteroatoms. The van der Waals surface area contributed by atoms with Crippen molar-refractivity contribution in [2.75, 3.05) is 18.4 Å². The third kappa shape index (κ3) is 3.58. The van der Waals surface area contributed by atoms with Crippen LogP contribution in [0, 0.1) is 17.5 Å². The van der Waals surface area contributed by atoms with E-state index in [-0.39, 0.29) is 23.1 Å². The molecule has 0 aliphatic rings. The summed E-state index contributed by atoms with van der Waals surface area (Å²) in [6.07, 6.45) is 1.14. The minimum absolute atomic E-state index is 0.0976. The predicted octanol–water partition coefficient (Wildman–Crippen LogP) is 3.12. The van der Waals surface area contributed by atoms with Gasteiger partial charge in [-0.1, -0.05) is 0 Å². The zero-order valence-electron chi connectivity index (χ0n) is 12.6. The van der Waals surface area contributed by atoms with Gasteiger partial charge in [-0.25, -0.2) is 23.1 Å². The van der Waals surface area contributed by atoms with E-state index >= 15 is 0 Å². The van der Waals surface area contributed by atoms with Gasteiger partial charge in [-0.15, -0.1) is 0 Å². The van der Waals surface area contributed by atoms with Crippen molar-refractivity contribution in [3.63, 3.8) is 0 Å². The molecule has 23 heavy (non-hydrogen) atoms. The summed E-state index contributed by atoms with van der Waals surface area (Å²) in [6, 6.07) is 3.16. The zero-order valence-corrected chi connectivity index (χ0v) is 12.6. The maximum absolute atomic E-state index is 13.6. The second-order valence-electron chi connectivity index (χ2n) is 4.61. The molecule has 2 rings (SSSR count). The SMILES string of the molecule is CCN(CC)C(=O)c1cc(Nc2ccc(F)c(F)c2F)ncn1. The minimum Gasteiger partial charge on any atom is -0.338 e. The normalized spacial score (nSPS) is 10.5. The zero-order chi connectivity index (χ0) is 17.0. The van der Waals surface area contributed by atoms with Crippen LogP contribution in [-0.2, 0) is 0 Å². The van der Waals surface area contributed by atoms with Crippen molar-refractivity contribution in [3.8, 4) is 0 Å². The number of benzene rings is 1. The van der Waals surface area contributed by atoms with Crippen LogP contribution in [0.2, 0.25) is 0 Å². The molecule has 0 aliphatic heterocycles. The molecule has 1 aromatic carbocycles. The lowest BCUT2D eigenvalue weighted by atomic mass is 10.2. The predicted molar refractivity (Wildman–Crippen MR) is 78.9 cm³/mol. The number of nitrogens with zero attached hydrogens (tertiary/aromatic N) is 3. The second kappa shape index (κ2) is 7.08. The number of nitrogens with one attached hydrogen (secondary N) is 1. The van der Waals surface area contributed by atoms with Crippen LogP contribution in [0.25, 0.3) is 0 Å². The van der Waals surface area contributed by atoms with Crippen molar-refractivity contribution < 1.29 is 18.0 Å². The van der Waals surface area contributed by atoms with Gasteiger partial charge in [0.05, 0.1) is 5.69 Å². The first-order chi connectivity index (χ1) is 11.0. The minimum atomic E-state index is -1.58. The van der Waals surface area contributed by atoms with E-state index in [1.54, 1.807) is 4.90 Å². The monoisotopic (exact) mass is 324 g/mol. The number of rotatable bonds is 5. The van der Waals surface area contributed by atoms with Gasteiger partial charge < -0.3 is 10.2 Å². The topological polar surface area (TPSA) is 58.1 Å². The maximum Gasteiger partial charge on any atom is 0.272 e. The van der Waals surface area contributed by atoms with Crippen molar-refractivity contribution in [1.82, 2.24) is 14.9 Å². The van der Waals surface area contributed by atoms with Crippen molar-refractivity contribution in [2.45, 2.75) is 13.8 Å². The Morgan fingerprint density at radius 2 is 1.83 bits per heavy atom. The van der Waals surface area contributed by atoms with Gasteiger partial charge in [0.15, 0.2) is 17.5 Å². The largest absolute Gasteiger partial charge is 0.338 e. The van der Waals surface area contributed by atoms with Crippen LogP contribution in [0.1, 0.15) is 24.3 Å². The summed E-state index contributed by atoms with van der Waals surface area (Å²) in [6.45, 7) is 4.69. The summed E-state index contributed by atoms with van der Waals surface area (Å²) in [5.41, 5.74) is -0.168. The van der Waals surface area contributed by atoms with Crippen LogP contribution in [0.5, 0.6) is 0 Å². The molecular formula is C15H15F3N4O. The van der Waals surface area contributed by atoms with E-state index in [2.05, 4.69) is 15.3 Å². The highest BCUT2D eigenvalue weighted by Crippen LogP contribution is 2.22. The first kappa shape index (κ1) is 16.7. The van der Waals surface area contributed by atoms with E-state index in [1.165, 1.54) is 6.07 Å². The lowest BCUT2D eigenvalue weighted by Crippen LogP contribution is -2.31. The third-order valence-electron chi connectivity index (χ3n) is 3.23. The molecule has 0 saturated heterocycles. The molecule has 1 heterocycles. The highest BCUT2D eigenvalue weighted by atomic mass is 19.2. The average molecular weight is 324 g/mol. The van der Waals surface area contributed by atoms with Crippen molar-refractivity contribution >= 4 is 17.4 Å². The van der Waals surface area contributed by atoms with E-state index in [9.17, 15) is 18.0 Å². The fraction of sp³-hybridized carbons (Fsp3) is 0.267. The van der Waals surface area contributed by atoms with Crippen molar-refractivity contribution in [1.29, 1.82) is 0 Å². The van der Waals surface area contributed by atoms with Gasteiger partial charge in [0.2, 0.25) is 0 Å². The van der Waals surface area contributed by atoms with E-state index in [0.717, 1.165) is 18.5 Å². The van der Waals surface area contributed by atoms with Crippen LogP contribution in [0.15, 0.2) is 24.5 Å². The molecule has 0 spiro atoms. The van der Waals surface area contributed by atoms with E-state index < -0.39 is 17.5 Å². The summed E-state index contributed by atoms with van der Waals surface area (Å²) < 4.78 is 39.8. The van der Waals surface area contributed by atoms with Crippen molar-refractivity contribution in [2.24, 2.45) is 0 Å². The third-order valence-corrected chi connectivity index (χ3v) is 3.23. The van der Waals surface area contributed by atoms with Gasteiger partial charge in [-0.3, -0.25) is 4.79 Å². The molecule has 0 atom stereocenters. The molecule has 1 amide bonds. The Kier molecular flexibility index (Phi) is 5.15. The summed E-state index contributed by atoms with van der Waals surface area (Å²) in [7, 11) is 0. The van der Waals surface area contributed by atoms with Crippen molar-refractivity contribution in [3.05, 3.63) is 47.7 Å². The molecule has 2 aromatic rings. The van der Waals surface area contributed by atoms with E-state index in [0.29, 0.717) is 13.1 Å². The van der Waals surface area contributed by atoms with E-state index in [1.807, 2.05) is 13.8 Å². The molecule has 0 radical (unpaired) electrons. The Morgan fingerprint density at radius 1 is 1.13 bits per heavy atom. The molecule has 0 aliphatic carbocycles. The second-order valence-corrected chi connectivity index (χ2v) is 4.61. The molecule has 0 bridgehead atoms. The highest BCUT2D eigenvalue weighted by Gasteiger charge is 2.17. The van der Waals surface area contributed by atoms with Gasteiger partial charge in [0, 0.05) is 19.2 Å². The molecule has 1 N–H and O–H groups in total. The van der Waals surface area contributed by atoms with Crippen LogP contribution in [0.4, 0.5) is 24.7 Å². The maximum atomic E-state index is 13.6. The average Bonchev–Trinajstić information content (AvgIpc) is 2.57. The summed E-state index contributed by atoms with van der Waals surface area (Å²) >= 11 is 0. The first-order valence-electron chi connectivity index (χ1n) is 6.99. The van der Waals surface area contributed by atoms with Crippen LogP contribution >= 0.6 is 0 Å². The highest BCUT2D eigenvalue weighted by molar-refractivity contribution is 5.93. The number of anilines is 2. The summed E-state index contributed by atoms with van der Waals surface area (Å²) in [5.74, 6) is -4.43. The number of carbonyl (C=O) groups is 1. The molecule has 0 unspecified atom stereocenters. The molecule has 1 aromatic heterocycles. The molecular weight excluding hydrogens is 309 g/mol. The molecule has 122 valence electrons. The van der Waals surface area contributed by atoms with Gasteiger partial charge in [-0.2, -0.15) is 0 Å². The fourth-order valence-corrected chi connectivity index (χ4v) is 1.98. The van der Waals surface area contributed by atoms with Crippen LogP contribution in [0.3, 0.4) is 0 Å². The summed E-state index contributed by atoms with van der Waals surface area (Å²) in [4.78, 5) is 21.5. The van der Waals surface area contributed by atoms with Gasteiger partial charge >= 0.3 is 0 Å². The quantitative estimate of drug-likeness (QED) is 0.859. The van der Waals surface area contributed by atoms with Gasteiger partial charge in [0.1, 0.15) is 17.8 Å². The van der Waals surface area contributed by atoms with Crippen LogP contribution in [-0.4, -0.2) is 33.9 Å². The lowest BCUT2D eigenvalue weighted by molar-refractivity contribution is 0.0767. The van der Waals surface area contributed by atoms with Crippen LogP contribution < -0.4 is 5.32 Å². The van der Waals surface area contributed by atoms with E-state index in [4.69, 9.17) is 0 Å². The fourth-order valence-electron chi connectivity index (χ4n) is 1.98. The molecule has 0 saturated carbocycles. The Labute approximate surface area is 131 Å². The smallest absolute Gasteiger partial charge is 0.272 e. The lowest BCUT2D eigenvalue weighted by Gasteiger charge is -2.18. The summed E-state index contributed by atoms with van der Waals surface area (Å²) in [5, 5.41) is 2.51. The Bertz CT molecular complexity index is 720. The molecule has 5 nitrogen and oxygen atoms in total. The molecule has 0 fully saturated rings. The number of amides is 1. The number of carbonyl (C=O) groups excluding carboxylic acids is 1. The Hall–Kier alpha value is -2.64. The number of hydrogen-bond acceptors (Lipinski definition) is 4.